The minimum Gasteiger partial charge on any atom is -0.481 e. The fraction of sp³-hybridized carbons (Fsp3) is 0.176. The van der Waals surface area contributed by atoms with Gasteiger partial charge in [0, 0.05) is 21.5 Å². The van der Waals surface area contributed by atoms with Crippen molar-refractivity contribution >= 4 is 40.3 Å². The Morgan fingerprint density at radius 3 is 2.20 bits per heavy atom. The molecule has 0 bridgehead atoms. The van der Waals surface area contributed by atoms with Crippen molar-refractivity contribution in [1.29, 1.82) is 0 Å². The third-order valence-corrected chi connectivity index (χ3v) is 8.12. The number of rotatable bonds is 7. The van der Waals surface area contributed by atoms with Crippen molar-refractivity contribution < 1.29 is 23.8 Å². The molecule has 6 rings (SSSR count). The van der Waals surface area contributed by atoms with E-state index in [1.54, 1.807) is 13.0 Å². The van der Waals surface area contributed by atoms with E-state index >= 15 is 0 Å². The zero-order chi connectivity index (χ0) is 28.7. The van der Waals surface area contributed by atoms with E-state index in [4.69, 9.17) is 20.8 Å². The molecule has 6 nitrogen and oxygen atoms in total. The Balaban J connectivity index is 1.27. The Hall–Kier alpha value is -4.55. The van der Waals surface area contributed by atoms with E-state index in [1.165, 1.54) is 0 Å². The number of nitrogens with one attached hydrogen (secondary N) is 1. The first-order valence-electron chi connectivity index (χ1n) is 13.5. The maximum absolute atomic E-state index is 13.0. The van der Waals surface area contributed by atoms with Crippen LogP contribution in [0.15, 0.2) is 95.4 Å². The van der Waals surface area contributed by atoms with Gasteiger partial charge in [0.1, 0.15) is 11.7 Å². The number of aryl methyl sites for hydroxylation is 1. The lowest BCUT2D eigenvalue weighted by Gasteiger charge is -2.15. The van der Waals surface area contributed by atoms with Crippen molar-refractivity contribution in [1.82, 2.24) is 0 Å². The monoisotopic (exact) mass is 565 g/mol. The van der Waals surface area contributed by atoms with Crippen molar-refractivity contribution in [2.75, 3.05) is 5.32 Å². The first-order valence-corrected chi connectivity index (χ1v) is 13.8. The van der Waals surface area contributed by atoms with Crippen LogP contribution in [0.4, 0.5) is 10.5 Å². The van der Waals surface area contributed by atoms with Gasteiger partial charge in [-0.15, -0.1) is 0 Å². The lowest BCUT2D eigenvalue weighted by Crippen LogP contribution is -2.19. The van der Waals surface area contributed by atoms with E-state index in [9.17, 15) is 14.7 Å². The van der Waals surface area contributed by atoms with Crippen LogP contribution >= 0.6 is 11.6 Å². The lowest BCUT2D eigenvalue weighted by molar-refractivity contribution is -0.140. The summed E-state index contributed by atoms with van der Waals surface area (Å²) in [5.74, 6) is -0.241. The van der Waals surface area contributed by atoms with Gasteiger partial charge in [0.2, 0.25) is 0 Å². The molecule has 1 atom stereocenters. The number of carbonyl (C=O) groups excluding carboxylic acids is 1. The van der Waals surface area contributed by atoms with Crippen LogP contribution in [0, 0.1) is 6.92 Å². The Morgan fingerprint density at radius 2 is 1.56 bits per heavy atom. The third kappa shape index (κ3) is 5.07. The molecule has 5 aromatic rings. The topological polar surface area (TPSA) is 88.8 Å². The molecule has 0 aliphatic heterocycles. The number of hydrogen-bond acceptors (Lipinski definition) is 4. The van der Waals surface area contributed by atoms with Gasteiger partial charge in [0.05, 0.1) is 11.1 Å². The summed E-state index contributed by atoms with van der Waals surface area (Å²) >= 11 is 6.29. The highest BCUT2D eigenvalue weighted by Gasteiger charge is 2.51. The van der Waals surface area contributed by atoms with E-state index < -0.39 is 23.6 Å². The van der Waals surface area contributed by atoms with E-state index in [0.29, 0.717) is 34.9 Å². The van der Waals surface area contributed by atoms with Crippen molar-refractivity contribution in [3.8, 4) is 22.5 Å². The van der Waals surface area contributed by atoms with Crippen LogP contribution in [0.1, 0.15) is 42.6 Å². The first-order chi connectivity index (χ1) is 19.7. The Morgan fingerprint density at radius 1 is 0.927 bits per heavy atom. The van der Waals surface area contributed by atoms with Gasteiger partial charge in [-0.3, -0.25) is 10.1 Å². The van der Waals surface area contributed by atoms with Crippen LogP contribution in [-0.2, 0) is 14.9 Å². The molecule has 41 heavy (non-hydrogen) atoms. The predicted molar refractivity (Wildman–Crippen MR) is 160 cm³/mol. The molecular weight excluding hydrogens is 538 g/mol. The molecule has 1 aromatic heterocycles. The number of carbonyl (C=O) groups is 2. The van der Waals surface area contributed by atoms with Crippen molar-refractivity contribution in [2.45, 2.75) is 38.2 Å². The van der Waals surface area contributed by atoms with Crippen molar-refractivity contribution in [3.05, 3.63) is 113 Å². The quantitative estimate of drug-likeness (QED) is 0.205. The van der Waals surface area contributed by atoms with Gasteiger partial charge in [0.25, 0.3) is 0 Å². The van der Waals surface area contributed by atoms with E-state index in [0.717, 1.165) is 38.8 Å². The summed E-state index contributed by atoms with van der Waals surface area (Å²) in [6.07, 6.45) is 0.184. The van der Waals surface area contributed by atoms with Crippen LogP contribution in [0.25, 0.3) is 33.4 Å². The van der Waals surface area contributed by atoms with Crippen LogP contribution in [0.3, 0.4) is 0 Å². The smallest absolute Gasteiger partial charge is 0.412 e. The lowest BCUT2D eigenvalue weighted by atomic mass is 9.93. The largest absolute Gasteiger partial charge is 0.481 e. The third-order valence-electron chi connectivity index (χ3n) is 7.78. The zero-order valence-corrected chi connectivity index (χ0v) is 23.4. The molecule has 1 saturated carbocycles. The Labute approximate surface area is 242 Å². The number of amides is 1. The predicted octanol–water partition coefficient (Wildman–Crippen LogP) is 9.15. The summed E-state index contributed by atoms with van der Waals surface area (Å²) in [5.41, 5.74) is 5.80. The molecule has 1 aliphatic carbocycles. The second-order valence-electron chi connectivity index (χ2n) is 10.5. The molecular formula is C34H28ClNO5. The summed E-state index contributed by atoms with van der Waals surface area (Å²) in [6, 6.07) is 28.7. The first kappa shape index (κ1) is 26.7. The van der Waals surface area contributed by atoms with E-state index in [-0.39, 0.29) is 0 Å². The normalized spacial score (nSPS) is 14.4. The van der Waals surface area contributed by atoms with Crippen molar-refractivity contribution in [2.24, 2.45) is 0 Å². The number of carboxylic acid groups (broad SMARTS) is 1. The highest BCUT2D eigenvalue weighted by molar-refractivity contribution is 6.31. The summed E-state index contributed by atoms with van der Waals surface area (Å²) in [4.78, 5) is 24.7. The maximum atomic E-state index is 13.0. The molecule has 1 aliphatic rings. The molecule has 1 amide bonds. The highest BCUT2D eigenvalue weighted by Crippen LogP contribution is 2.48. The number of benzene rings is 4. The zero-order valence-electron chi connectivity index (χ0n) is 22.6. The minimum absolute atomic E-state index is 0.520. The van der Waals surface area contributed by atoms with Gasteiger partial charge in [-0.1, -0.05) is 84.4 Å². The Kier molecular flexibility index (Phi) is 6.80. The number of aliphatic carboxylic acids is 1. The fourth-order valence-corrected chi connectivity index (χ4v) is 5.53. The molecule has 0 saturated heterocycles. The number of anilines is 1. The number of fused-ring (bicyclic) bond motifs is 1. The SMILES string of the molecule is Cc1ccc2c(NC(=O)O[C@H](C)c3ccccc3Cl)c(-c3ccc(-c4ccc(C5(C(=O)O)CC5)cc4)cc3)oc2c1. The second kappa shape index (κ2) is 10.5. The van der Waals surface area contributed by atoms with E-state index in [1.807, 2.05) is 91.9 Å². The molecule has 7 heteroatoms. The van der Waals surface area contributed by atoms with Crippen LogP contribution in [0.2, 0.25) is 5.02 Å². The molecule has 1 fully saturated rings. The van der Waals surface area contributed by atoms with Gasteiger partial charge in [-0.25, -0.2) is 4.79 Å². The number of halogens is 1. The van der Waals surface area contributed by atoms with Gasteiger partial charge in [-0.2, -0.15) is 0 Å². The van der Waals surface area contributed by atoms with Crippen LogP contribution in [0.5, 0.6) is 0 Å². The second-order valence-corrected chi connectivity index (χ2v) is 10.9. The number of carboxylic acids is 1. The standard InChI is InChI=1S/C34H28ClNO5/c1-20-7-16-27-29(19-20)41-31(30(27)36-33(39)40-21(2)26-5-3-4-6-28(26)35)24-10-8-22(9-11-24)23-12-14-25(15-13-23)34(17-18-34)32(37)38/h3-16,19,21H,17-18H2,1-2H3,(H,36,39)(H,37,38)/t21-/m1/s1. The number of hydrogen-bond donors (Lipinski definition) is 2. The van der Waals surface area contributed by atoms with Gasteiger partial charge in [0.15, 0.2) is 5.76 Å². The molecule has 0 unspecified atom stereocenters. The number of ether oxygens (including phenoxy) is 1. The Bertz CT molecular complexity index is 1770. The van der Waals surface area contributed by atoms with Crippen molar-refractivity contribution in [3.63, 3.8) is 0 Å². The van der Waals surface area contributed by atoms with Crippen LogP contribution in [-0.4, -0.2) is 17.2 Å². The van der Waals surface area contributed by atoms with Gasteiger partial charge in [-0.05, 0) is 67.1 Å². The summed E-state index contributed by atoms with van der Waals surface area (Å²) in [5, 5.41) is 13.8. The highest BCUT2D eigenvalue weighted by atomic mass is 35.5. The molecule has 1 heterocycles. The van der Waals surface area contributed by atoms with Gasteiger partial charge < -0.3 is 14.3 Å². The summed E-state index contributed by atoms with van der Waals surface area (Å²) in [6.45, 7) is 3.76. The molecule has 0 spiro atoms. The maximum Gasteiger partial charge on any atom is 0.412 e. The molecule has 0 radical (unpaired) electrons. The van der Waals surface area contributed by atoms with Gasteiger partial charge >= 0.3 is 12.1 Å². The molecule has 206 valence electrons. The summed E-state index contributed by atoms with van der Waals surface area (Å²) < 4.78 is 11.9. The summed E-state index contributed by atoms with van der Waals surface area (Å²) in [7, 11) is 0. The minimum atomic E-state index is -0.762. The molecule has 2 N–H and O–H groups in total. The molecule has 4 aromatic carbocycles. The van der Waals surface area contributed by atoms with E-state index in [2.05, 4.69) is 5.32 Å². The van der Waals surface area contributed by atoms with Crippen LogP contribution < -0.4 is 5.32 Å². The average molecular weight is 566 g/mol. The fourth-order valence-electron chi connectivity index (χ4n) is 5.24. The number of furan rings is 1. The average Bonchev–Trinajstić information content (AvgIpc) is 3.71.